The van der Waals surface area contributed by atoms with E-state index in [9.17, 15) is 4.79 Å². The van der Waals surface area contributed by atoms with Gasteiger partial charge in [-0.25, -0.2) is 4.79 Å². The number of amides is 2. The molecule has 0 bridgehead atoms. The maximum atomic E-state index is 10.3. The average Bonchev–Trinajstić information content (AvgIpc) is 2.35. The van der Waals surface area contributed by atoms with E-state index in [0.717, 1.165) is 0 Å². The molecule has 0 spiro atoms. The fourth-order valence-electron chi connectivity index (χ4n) is 0.631. The summed E-state index contributed by atoms with van der Waals surface area (Å²) in [5.41, 5.74) is 4.86. The largest absolute Gasteiger partial charge is 0.352 e. The van der Waals surface area contributed by atoms with E-state index >= 15 is 0 Å². The third-order valence-electron chi connectivity index (χ3n) is 1.11. The number of rotatable bonds is 2. The van der Waals surface area contributed by atoms with Crippen molar-refractivity contribution in [1.82, 2.24) is 25.9 Å². The van der Waals surface area contributed by atoms with Gasteiger partial charge >= 0.3 is 6.03 Å². The molecule has 4 N–H and O–H groups in total. The van der Waals surface area contributed by atoms with Gasteiger partial charge in [-0.3, -0.25) is 0 Å². The van der Waals surface area contributed by atoms with Gasteiger partial charge in [-0.1, -0.05) is 5.21 Å². The van der Waals surface area contributed by atoms with Gasteiger partial charge in [0.1, 0.15) is 0 Å². The first-order valence-corrected chi connectivity index (χ1v) is 2.99. The fourth-order valence-corrected chi connectivity index (χ4v) is 0.631. The van der Waals surface area contributed by atoms with Gasteiger partial charge in [0, 0.05) is 0 Å². The minimum absolute atomic E-state index is 0.314. The number of nitrogens with two attached hydrogens (primary N) is 1. The third-order valence-corrected chi connectivity index (χ3v) is 1.11. The number of carbonyl (C=O) groups excluding carboxylic acids is 1. The molecule has 0 aliphatic heterocycles. The molecule has 0 aliphatic rings. The summed E-state index contributed by atoms with van der Waals surface area (Å²) in [4.78, 5) is 10.3. The lowest BCUT2D eigenvalue weighted by atomic mass is 10.3. The third kappa shape index (κ3) is 1.88. The number of urea groups is 1. The molecular weight excluding hydrogens is 148 g/mol. The van der Waals surface area contributed by atoms with Crippen molar-refractivity contribution in [2.75, 3.05) is 0 Å². The van der Waals surface area contributed by atoms with Crippen LogP contribution in [-0.4, -0.2) is 26.7 Å². The molecular formula is C4H8N6O. The van der Waals surface area contributed by atoms with Gasteiger partial charge in [0.2, 0.25) is 0 Å². The molecule has 0 fully saturated rings. The average molecular weight is 156 g/mol. The second-order valence-corrected chi connectivity index (χ2v) is 2.00. The molecule has 0 aromatic carbocycles. The zero-order valence-corrected chi connectivity index (χ0v) is 5.90. The molecule has 7 heteroatoms. The van der Waals surface area contributed by atoms with Crippen molar-refractivity contribution >= 4 is 6.03 Å². The predicted octanol–water partition coefficient (Wildman–Crippen LogP) is -1.07. The van der Waals surface area contributed by atoms with Crippen LogP contribution >= 0.6 is 0 Å². The lowest BCUT2D eigenvalue weighted by Crippen LogP contribution is -2.32. The number of carbonyl (C=O) groups is 1. The minimum Gasteiger partial charge on any atom is -0.352 e. The van der Waals surface area contributed by atoms with Crippen LogP contribution < -0.4 is 11.1 Å². The maximum Gasteiger partial charge on any atom is 0.312 e. The van der Waals surface area contributed by atoms with Crippen molar-refractivity contribution in [3.05, 3.63) is 5.82 Å². The number of hydrogen-bond acceptors (Lipinski definition) is 4. The molecule has 1 unspecified atom stereocenters. The van der Waals surface area contributed by atoms with Crippen LogP contribution in [0.15, 0.2) is 0 Å². The van der Waals surface area contributed by atoms with E-state index in [1.54, 1.807) is 6.92 Å². The number of H-pyrrole nitrogens is 1. The highest BCUT2D eigenvalue weighted by Crippen LogP contribution is 2.01. The second-order valence-electron chi connectivity index (χ2n) is 2.00. The number of nitrogens with one attached hydrogen (secondary N) is 2. The summed E-state index contributed by atoms with van der Waals surface area (Å²) < 4.78 is 0. The summed E-state index contributed by atoms with van der Waals surface area (Å²) in [6.45, 7) is 1.70. The standard InChI is InChI=1S/C4H8N6O/c1-2(6-4(5)11)3-7-9-10-8-3/h2H,1H3,(H3,5,6,11)(H,7,8,9,10). The van der Waals surface area contributed by atoms with Crippen LogP contribution in [0.2, 0.25) is 0 Å². The molecule has 60 valence electrons. The Labute approximate surface area is 62.4 Å². The van der Waals surface area contributed by atoms with Crippen molar-refractivity contribution in [3.63, 3.8) is 0 Å². The number of aromatic amines is 1. The van der Waals surface area contributed by atoms with E-state index in [-0.39, 0.29) is 6.04 Å². The summed E-state index contributed by atoms with van der Waals surface area (Å²) in [6.07, 6.45) is 0. The number of nitrogens with zero attached hydrogens (tertiary/aromatic N) is 3. The predicted molar refractivity (Wildman–Crippen MR) is 35.3 cm³/mol. The van der Waals surface area contributed by atoms with E-state index in [1.807, 2.05) is 0 Å². The van der Waals surface area contributed by atoms with Crippen LogP contribution in [0.4, 0.5) is 4.79 Å². The molecule has 2 amide bonds. The zero-order valence-electron chi connectivity index (χ0n) is 5.90. The van der Waals surface area contributed by atoms with Gasteiger partial charge in [0.05, 0.1) is 6.04 Å². The highest BCUT2D eigenvalue weighted by atomic mass is 16.2. The number of hydrogen-bond donors (Lipinski definition) is 3. The van der Waals surface area contributed by atoms with Crippen LogP contribution in [0.3, 0.4) is 0 Å². The molecule has 1 aromatic heterocycles. The summed E-state index contributed by atoms with van der Waals surface area (Å²) in [5, 5.41) is 15.3. The molecule has 0 saturated heterocycles. The Kier molecular flexibility index (Phi) is 2.00. The van der Waals surface area contributed by atoms with E-state index in [4.69, 9.17) is 5.73 Å². The first-order chi connectivity index (χ1) is 5.20. The normalized spacial score (nSPS) is 12.5. The Bertz CT molecular complexity index is 231. The van der Waals surface area contributed by atoms with Crippen LogP contribution in [0.25, 0.3) is 0 Å². The first kappa shape index (κ1) is 7.45. The molecule has 0 radical (unpaired) electrons. The van der Waals surface area contributed by atoms with Crippen LogP contribution in [-0.2, 0) is 0 Å². The summed E-state index contributed by atoms with van der Waals surface area (Å²) >= 11 is 0. The Morgan fingerprint density at radius 1 is 1.82 bits per heavy atom. The van der Waals surface area contributed by atoms with Gasteiger partial charge in [0.25, 0.3) is 0 Å². The van der Waals surface area contributed by atoms with Crippen molar-refractivity contribution in [2.24, 2.45) is 5.73 Å². The molecule has 1 heterocycles. The Balaban J connectivity index is 2.56. The van der Waals surface area contributed by atoms with Crippen LogP contribution in [0, 0.1) is 0 Å². The van der Waals surface area contributed by atoms with Gasteiger partial charge in [-0.15, -0.1) is 10.2 Å². The molecule has 7 nitrogen and oxygen atoms in total. The maximum absolute atomic E-state index is 10.3. The van der Waals surface area contributed by atoms with Gasteiger partial charge in [-0.2, -0.15) is 5.21 Å². The molecule has 0 saturated carbocycles. The van der Waals surface area contributed by atoms with Crippen molar-refractivity contribution in [3.8, 4) is 0 Å². The second kappa shape index (κ2) is 2.95. The lowest BCUT2D eigenvalue weighted by Gasteiger charge is -2.05. The van der Waals surface area contributed by atoms with Crippen molar-refractivity contribution in [2.45, 2.75) is 13.0 Å². The molecule has 0 aliphatic carbocycles. The van der Waals surface area contributed by atoms with Gasteiger partial charge in [0.15, 0.2) is 5.82 Å². The number of primary amides is 1. The van der Waals surface area contributed by atoms with Crippen molar-refractivity contribution in [1.29, 1.82) is 0 Å². The van der Waals surface area contributed by atoms with Crippen molar-refractivity contribution < 1.29 is 4.79 Å². The monoisotopic (exact) mass is 156 g/mol. The molecule has 1 aromatic rings. The Morgan fingerprint density at radius 3 is 3.00 bits per heavy atom. The van der Waals surface area contributed by atoms with E-state index in [1.165, 1.54) is 0 Å². The SMILES string of the molecule is CC(NC(N)=O)c1nn[nH]n1. The first-order valence-electron chi connectivity index (χ1n) is 2.99. The minimum atomic E-state index is -0.609. The van der Waals surface area contributed by atoms with Crippen LogP contribution in [0.1, 0.15) is 18.8 Å². The number of tetrazole rings is 1. The Morgan fingerprint density at radius 2 is 2.55 bits per heavy atom. The van der Waals surface area contributed by atoms with E-state index in [0.29, 0.717) is 5.82 Å². The molecule has 1 atom stereocenters. The topological polar surface area (TPSA) is 110 Å². The summed E-state index contributed by atoms with van der Waals surface area (Å²) in [5.74, 6) is 0.406. The smallest absolute Gasteiger partial charge is 0.312 e. The number of aromatic nitrogens is 4. The Hall–Kier alpha value is -1.66. The zero-order chi connectivity index (χ0) is 8.27. The lowest BCUT2D eigenvalue weighted by molar-refractivity contribution is 0.245. The molecule has 1 rings (SSSR count). The van der Waals surface area contributed by atoms with Gasteiger partial charge in [-0.05, 0) is 6.92 Å². The highest BCUT2D eigenvalue weighted by molar-refractivity contribution is 5.71. The van der Waals surface area contributed by atoms with Crippen LogP contribution in [0.5, 0.6) is 0 Å². The van der Waals surface area contributed by atoms with Gasteiger partial charge < -0.3 is 11.1 Å². The quantitative estimate of drug-likeness (QED) is 0.506. The fraction of sp³-hybridized carbons (Fsp3) is 0.500. The highest BCUT2D eigenvalue weighted by Gasteiger charge is 2.10. The summed E-state index contributed by atoms with van der Waals surface area (Å²) in [7, 11) is 0. The van der Waals surface area contributed by atoms with E-state index < -0.39 is 6.03 Å². The molecule has 11 heavy (non-hydrogen) atoms. The van der Waals surface area contributed by atoms with E-state index in [2.05, 4.69) is 25.9 Å². The summed E-state index contributed by atoms with van der Waals surface area (Å²) in [6, 6.07) is -0.923.